The first-order valence-electron chi connectivity index (χ1n) is 6.36. The van der Waals surface area contributed by atoms with Crippen molar-refractivity contribution >= 4 is 5.69 Å². The van der Waals surface area contributed by atoms with Gasteiger partial charge in [0.15, 0.2) is 0 Å². The summed E-state index contributed by atoms with van der Waals surface area (Å²) in [4.78, 5) is 2.59. The van der Waals surface area contributed by atoms with Gasteiger partial charge in [0.25, 0.3) is 0 Å². The summed E-state index contributed by atoms with van der Waals surface area (Å²) in [5.41, 5.74) is 1.80. The lowest BCUT2D eigenvalue weighted by atomic mass is 10.2. The summed E-state index contributed by atoms with van der Waals surface area (Å²) in [5, 5.41) is 12.4. The Morgan fingerprint density at radius 1 is 1.29 bits per heavy atom. The largest absolute Gasteiger partial charge is 0.381 e. The molecule has 88 valence electrons. The van der Waals surface area contributed by atoms with Crippen LogP contribution in [0.15, 0.2) is 24.3 Å². The fourth-order valence-electron chi connectivity index (χ4n) is 2.59. The molecule has 0 spiro atoms. The number of rotatable bonds is 3. The van der Waals surface area contributed by atoms with Gasteiger partial charge in [-0.3, -0.25) is 4.90 Å². The van der Waals surface area contributed by atoms with Gasteiger partial charge in [0.1, 0.15) is 0 Å². The smallest absolute Gasteiger partial charge is 0.0992 e. The molecule has 3 heteroatoms. The zero-order chi connectivity index (χ0) is 11.7. The van der Waals surface area contributed by atoms with Gasteiger partial charge in [0.2, 0.25) is 0 Å². The van der Waals surface area contributed by atoms with Crippen LogP contribution in [-0.4, -0.2) is 30.1 Å². The molecule has 1 heterocycles. The van der Waals surface area contributed by atoms with E-state index in [0.29, 0.717) is 6.04 Å². The summed E-state index contributed by atoms with van der Waals surface area (Å²) in [6.45, 7) is 2.38. The molecule has 3 rings (SSSR count). The highest BCUT2D eigenvalue weighted by molar-refractivity contribution is 5.49. The van der Waals surface area contributed by atoms with E-state index in [0.717, 1.165) is 23.8 Å². The van der Waals surface area contributed by atoms with Crippen molar-refractivity contribution in [1.82, 2.24) is 4.90 Å². The van der Waals surface area contributed by atoms with Gasteiger partial charge < -0.3 is 5.32 Å². The van der Waals surface area contributed by atoms with Crippen LogP contribution < -0.4 is 5.32 Å². The maximum atomic E-state index is 8.86. The molecule has 1 aromatic rings. The highest BCUT2D eigenvalue weighted by Gasteiger charge is 2.34. The van der Waals surface area contributed by atoms with Crippen LogP contribution in [-0.2, 0) is 0 Å². The number of likely N-dealkylation sites (tertiary alicyclic amines) is 1. The van der Waals surface area contributed by atoms with E-state index in [9.17, 15) is 0 Å². The van der Waals surface area contributed by atoms with Crippen LogP contribution in [0.4, 0.5) is 5.69 Å². The van der Waals surface area contributed by atoms with E-state index in [2.05, 4.69) is 16.3 Å². The Balaban J connectivity index is 1.61. The lowest BCUT2D eigenvalue weighted by Gasteiger charge is -2.16. The standard InChI is InChI=1S/C14H17N3/c15-9-11-2-1-3-12(8-11)16-13-6-7-17(10-13)14-4-5-14/h1-3,8,13-14,16H,4-7,10H2. The third-order valence-corrected chi connectivity index (χ3v) is 3.65. The molecule has 1 unspecified atom stereocenters. The van der Waals surface area contributed by atoms with Gasteiger partial charge in [-0.15, -0.1) is 0 Å². The van der Waals surface area contributed by atoms with E-state index in [1.807, 2.05) is 24.3 Å². The molecular formula is C14H17N3. The minimum Gasteiger partial charge on any atom is -0.381 e. The normalized spacial score (nSPS) is 24.5. The quantitative estimate of drug-likeness (QED) is 0.860. The summed E-state index contributed by atoms with van der Waals surface area (Å²) >= 11 is 0. The number of nitrogens with one attached hydrogen (secondary N) is 1. The topological polar surface area (TPSA) is 39.1 Å². The third kappa shape index (κ3) is 2.42. The predicted octanol–water partition coefficient (Wildman–Crippen LogP) is 2.21. The Kier molecular flexibility index (Phi) is 2.74. The van der Waals surface area contributed by atoms with Crippen LogP contribution in [0, 0.1) is 11.3 Å². The lowest BCUT2D eigenvalue weighted by Crippen LogP contribution is -2.27. The summed E-state index contributed by atoms with van der Waals surface area (Å²) in [6, 6.07) is 11.3. The van der Waals surface area contributed by atoms with Crippen LogP contribution in [0.3, 0.4) is 0 Å². The average molecular weight is 227 g/mol. The zero-order valence-electron chi connectivity index (χ0n) is 9.89. The van der Waals surface area contributed by atoms with Gasteiger partial charge >= 0.3 is 0 Å². The fraction of sp³-hybridized carbons (Fsp3) is 0.500. The maximum absolute atomic E-state index is 8.86. The molecule has 1 aliphatic heterocycles. The number of nitriles is 1. The van der Waals surface area contributed by atoms with Crippen LogP contribution in [0.25, 0.3) is 0 Å². The van der Waals surface area contributed by atoms with Crippen molar-refractivity contribution in [3.8, 4) is 6.07 Å². The minimum absolute atomic E-state index is 0.546. The highest BCUT2D eigenvalue weighted by Crippen LogP contribution is 2.30. The Morgan fingerprint density at radius 2 is 2.18 bits per heavy atom. The van der Waals surface area contributed by atoms with Crippen molar-refractivity contribution in [2.45, 2.75) is 31.3 Å². The predicted molar refractivity (Wildman–Crippen MR) is 67.8 cm³/mol. The van der Waals surface area contributed by atoms with Gasteiger partial charge in [0.05, 0.1) is 11.6 Å². The fourth-order valence-corrected chi connectivity index (χ4v) is 2.59. The molecule has 2 aliphatic rings. The van der Waals surface area contributed by atoms with E-state index in [1.165, 1.54) is 25.8 Å². The Labute approximate surface area is 102 Å². The van der Waals surface area contributed by atoms with Crippen molar-refractivity contribution in [3.05, 3.63) is 29.8 Å². The van der Waals surface area contributed by atoms with Gasteiger partial charge in [0, 0.05) is 30.9 Å². The number of hydrogen-bond donors (Lipinski definition) is 1. The lowest BCUT2D eigenvalue weighted by molar-refractivity contribution is 0.326. The minimum atomic E-state index is 0.546. The monoisotopic (exact) mass is 227 g/mol. The number of nitrogens with zero attached hydrogens (tertiary/aromatic N) is 2. The van der Waals surface area contributed by atoms with E-state index in [1.54, 1.807) is 0 Å². The number of hydrogen-bond acceptors (Lipinski definition) is 3. The molecule has 3 nitrogen and oxygen atoms in total. The summed E-state index contributed by atoms with van der Waals surface area (Å²) in [5.74, 6) is 0. The van der Waals surface area contributed by atoms with Crippen LogP contribution in [0.5, 0.6) is 0 Å². The van der Waals surface area contributed by atoms with Crippen molar-refractivity contribution in [3.63, 3.8) is 0 Å². The molecule has 1 aromatic carbocycles. The van der Waals surface area contributed by atoms with Gasteiger partial charge in [-0.1, -0.05) is 6.07 Å². The molecule has 1 N–H and O–H groups in total. The molecule has 1 saturated heterocycles. The summed E-state index contributed by atoms with van der Waals surface area (Å²) in [6.07, 6.45) is 3.99. The van der Waals surface area contributed by atoms with Gasteiger partial charge in [-0.25, -0.2) is 0 Å². The first-order chi connectivity index (χ1) is 8.35. The maximum Gasteiger partial charge on any atom is 0.0992 e. The Bertz CT molecular complexity index is 445. The molecule has 0 amide bonds. The molecule has 2 fully saturated rings. The van der Waals surface area contributed by atoms with E-state index >= 15 is 0 Å². The molecule has 1 atom stereocenters. The van der Waals surface area contributed by atoms with Crippen LogP contribution in [0.1, 0.15) is 24.8 Å². The first kappa shape index (κ1) is 10.6. The van der Waals surface area contributed by atoms with Crippen molar-refractivity contribution in [2.24, 2.45) is 0 Å². The van der Waals surface area contributed by atoms with E-state index in [4.69, 9.17) is 5.26 Å². The van der Waals surface area contributed by atoms with E-state index < -0.39 is 0 Å². The van der Waals surface area contributed by atoms with Gasteiger partial charge in [-0.05, 0) is 37.5 Å². The summed E-state index contributed by atoms with van der Waals surface area (Å²) < 4.78 is 0. The van der Waals surface area contributed by atoms with Crippen LogP contribution >= 0.6 is 0 Å². The van der Waals surface area contributed by atoms with Crippen molar-refractivity contribution in [1.29, 1.82) is 5.26 Å². The zero-order valence-corrected chi connectivity index (χ0v) is 9.89. The first-order valence-corrected chi connectivity index (χ1v) is 6.36. The molecule has 1 aliphatic carbocycles. The van der Waals surface area contributed by atoms with Gasteiger partial charge in [-0.2, -0.15) is 5.26 Å². The number of benzene rings is 1. The molecule has 0 aromatic heterocycles. The van der Waals surface area contributed by atoms with Crippen molar-refractivity contribution < 1.29 is 0 Å². The second-order valence-electron chi connectivity index (χ2n) is 5.05. The van der Waals surface area contributed by atoms with Crippen molar-refractivity contribution in [2.75, 3.05) is 18.4 Å². The number of anilines is 1. The molecule has 1 saturated carbocycles. The SMILES string of the molecule is N#Cc1cccc(NC2CCN(C3CC3)C2)c1. The second-order valence-corrected chi connectivity index (χ2v) is 5.05. The second kappa shape index (κ2) is 4.38. The average Bonchev–Trinajstić information content (AvgIpc) is 3.11. The van der Waals surface area contributed by atoms with Crippen LogP contribution in [0.2, 0.25) is 0 Å². The molecule has 0 radical (unpaired) electrons. The summed E-state index contributed by atoms with van der Waals surface area (Å²) in [7, 11) is 0. The Morgan fingerprint density at radius 3 is 2.94 bits per heavy atom. The third-order valence-electron chi connectivity index (χ3n) is 3.65. The Hall–Kier alpha value is -1.53. The molecular weight excluding hydrogens is 210 g/mol. The molecule has 17 heavy (non-hydrogen) atoms. The van der Waals surface area contributed by atoms with E-state index in [-0.39, 0.29) is 0 Å². The molecule has 0 bridgehead atoms. The highest BCUT2D eigenvalue weighted by atomic mass is 15.2.